The van der Waals surface area contributed by atoms with E-state index in [9.17, 15) is 14.4 Å². The van der Waals surface area contributed by atoms with Crippen LogP contribution in [-0.4, -0.2) is 30.3 Å². The zero-order valence-electron chi connectivity index (χ0n) is 14.2. The van der Waals surface area contributed by atoms with Crippen molar-refractivity contribution in [3.05, 3.63) is 54.0 Å². The van der Waals surface area contributed by atoms with E-state index >= 15 is 0 Å². The Hall–Kier alpha value is -3.09. The second kappa shape index (κ2) is 8.68. The van der Waals surface area contributed by atoms with Crippen LogP contribution < -0.4 is 16.0 Å². The monoisotopic (exact) mass is 343 g/mol. The fourth-order valence-corrected chi connectivity index (χ4v) is 2.05. The Bertz CT molecular complexity index is 723. The van der Waals surface area contributed by atoms with Gasteiger partial charge in [-0.3, -0.25) is 14.4 Å². The van der Waals surface area contributed by atoms with Gasteiger partial charge >= 0.3 is 0 Å². The lowest BCUT2D eigenvalue weighted by atomic mass is 10.1. The van der Waals surface area contributed by atoms with Crippen LogP contribution in [0.1, 0.15) is 41.2 Å². The van der Waals surface area contributed by atoms with Crippen molar-refractivity contribution in [1.29, 1.82) is 0 Å². The van der Waals surface area contributed by atoms with E-state index in [1.54, 1.807) is 43.3 Å². The molecule has 1 atom stereocenters. The van der Waals surface area contributed by atoms with E-state index in [0.717, 1.165) is 6.42 Å². The molecule has 1 aromatic heterocycles. The second-order valence-electron chi connectivity index (χ2n) is 5.49. The molecule has 1 aromatic carbocycles. The highest BCUT2D eigenvalue weighted by Crippen LogP contribution is 2.12. The summed E-state index contributed by atoms with van der Waals surface area (Å²) in [7, 11) is 0. The van der Waals surface area contributed by atoms with Gasteiger partial charge in [0.2, 0.25) is 5.91 Å². The number of benzene rings is 1. The molecule has 7 heteroatoms. The number of rotatable bonds is 7. The third-order valence-electron chi connectivity index (χ3n) is 3.44. The van der Waals surface area contributed by atoms with Crippen LogP contribution in [-0.2, 0) is 4.79 Å². The second-order valence-corrected chi connectivity index (χ2v) is 5.49. The first-order valence-electron chi connectivity index (χ1n) is 8.04. The lowest BCUT2D eigenvalue weighted by Crippen LogP contribution is -2.44. The predicted octanol–water partition coefficient (Wildman–Crippen LogP) is 2.18. The van der Waals surface area contributed by atoms with Crippen molar-refractivity contribution in [3.63, 3.8) is 0 Å². The highest BCUT2D eigenvalue weighted by atomic mass is 16.3. The number of hydrogen-bond acceptors (Lipinski definition) is 4. The summed E-state index contributed by atoms with van der Waals surface area (Å²) in [5.74, 6) is -0.752. The molecule has 2 rings (SSSR count). The average molecular weight is 343 g/mol. The number of carbonyl (C=O) groups excluding carboxylic acids is 3. The van der Waals surface area contributed by atoms with Crippen molar-refractivity contribution in [2.45, 2.75) is 26.3 Å². The van der Waals surface area contributed by atoms with Crippen LogP contribution in [0, 0.1) is 0 Å². The molecule has 2 aromatic rings. The topological polar surface area (TPSA) is 100 Å². The van der Waals surface area contributed by atoms with Crippen molar-refractivity contribution in [3.8, 4) is 0 Å². The summed E-state index contributed by atoms with van der Waals surface area (Å²) < 4.78 is 5.01. The lowest BCUT2D eigenvalue weighted by molar-refractivity contribution is -0.122. The van der Waals surface area contributed by atoms with Crippen molar-refractivity contribution < 1.29 is 18.8 Å². The maximum Gasteiger partial charge on any atom is 0.291 e. The van der Waals surface area contributed by atoms with Crippen molar-refractivity contribution in [1.82, 2.24) is 10.6 Å². The Morgan fingerprint density at radius 1 is 1.08 bits per heavy atom. The lowest BCUT2D eigenvalue weighted by Gasteiger charge is -2.14. The molecule has 0 bridgehead atoms. The first-order chi connectivity index (χ1) is 12.0. The fraction of sp³-hybridized carbons (Fsp3) is 0.278. The van der Waals surface area contributed by atoms with E-state index in [0.29, 0.717) is 17.8 Å². The summed E-state index contributed by atoms with van der Waals surface area (Å²) >= 11 is 0. The minimum absolute atomic E-state index is 0.203. The van der Waals surface area contributed by atoms with E-state index in [4.69, 9.17) is 4.42 Å². The Balaban J connectivity index is 1.91. The Kier molecular flexibility index (Phi) is 6.33. The summed E-state index contributed by atoms with van der Waals surface area (Å²) in [5, 5.41) is 8.02. The van der Waals surface area contributed by atoms with Gasteiger partial charge in [-0.25, -0.2) is 0 Å². The molecule has 1 heterocycles. The van der Waals surface area contributed by atoms with Gasteiger partial charge in [-0.1, -0.05) is 6.92 Å². The van der Waals surface area contributed by atoms with Crippen LogP contribution in [0.5, 0.6) is 0 Å². The normalized spacial score (nSPS) is 11.4. The van der Waals surface area contributed by atoms with Crippen LogP contribution in [0.2, 0.25) is 0 Å². The number of carbonyl (C=O) groups is 3. The molecule has 0 saturated carbocycles. The zero-order chi connectivity index (χ0) is 18.2. The van der Waals surface area contributed by atoms with Crippen LogP contribution in [0.3, 0.4) is 0 Å². The van der Waals surface area contributed by atoms with Gasteiger partial charge in [0, 0.05) is 17.8 Å². The molecule has 0 saturated heterocycles. The maximum absolute atomic E-state index is 12.2. The van der Waals surface area contributed by atoms with Crippen LogP contribution in [0.25, 0.3) is 0 Å². The third kappa shape index (κ3) is 5.20. The molecule has 0 unspecified atom stereocenters. The summed E-state index contributed by atoms with van der Waals surface area (Å²) in [5.41, 5.74) is 0.929. The molecule has 0 radical (unpaired) electrons. The first-order valence-corrected chi connectivity index (χ1v) is 8.04. The molecule has 132 valence electrons. The number of amides is 3. The summed E-state index contributed by atoms with van der Waals surface area (Å²) in [6.07, 6.45) is 2.25. The molecule has 3 N–H and O–H groups in total. The smallest absolute Gasteiger partial charge is 0.291 e. The number of hydrogen-bond donors (Lipinski definition) is 3. The first kappa shape index (κ1) is 18.3. The molecule has 0 spiro atoms. The summed E-state index contributed by atoms with van der Waals surface area (Å²) in [4.78, 5) is 35.8. The number of nitrogens with one attached hydrogen (secondary N) is 3. The summed E-state index contributed by atoms with van der Waals surface area (Å²) in [6, 6.07) is 8.92. The van der Waals surface area contributed by atoms with E-state index < -0.39 is 6.04 Å². The average Bonchev–Trinajstić information content (AvgIpc) is 3.14. The quantitative estimate of drug-likeness (QED) is 0.717. The highest BCUT2D eigenvalue weighted by molar-refractivity contribution is 6.03. The van der Waals surface area contributed by atoms with Crippen molar-refractivity contribution >= 4 is 23.4 Å². The minimum Gasteiger partial charge on any atom is -0.459 e. The number of furan rings is 1. The largest absolute Gasteiger partial charge is 0.459 e. The third-order valence-corrected chi connectivity index (χ3v) is 3.44. The predicted molar refractivity (Wildman–Crippen MR) is 93.3 cm³/mol. The SMILES string of the molecule is CCCNC(=O)[C@H](C)NC(=O)c1ccc(NC(=O)c2ccco2)cc1. The Labute approximate surface area is 145 Å². The molecule has 25 heavy (non-hydrogen) atoms. The Morgan fingerprint density at radius 3 is 2.40 bits per heavy atom. The van der Waals surface area contributed by atoms with Gasteiger partial charge in [0.05, 0.1) is 6.26 Å². The van der Waals surface area contributed by atoms with E-state index in [1.807, 2.05) is 6.92 Å². The van der Waals surface area contributed by atoms with Crippen LogP contribution in [0.15, 0.2) is 47.1 Å². The van der Waals surface area contributed by atoms with Crippen LogP contribution >= 0.6 is 0 Å². The molecule has 0 aliphatic rings. The molecular weight excluding hydrogens is 322 g/mol. The molecule has 0 fully saturated rings. The van der Waals surface area contributed by atoms with Crippen molar-refractivity contribution in [2.24, 2.45) is 0 Å². The van der Waals surface area contributed by atoms with Crippen LogP contribution in [0.4, 0.5) is 5.69 Å². The van der Waals surface area contributed by atoms with E-state index in [-0.39, 0.29) is 23.5 Å². The van der Waals surface area contributed by atoms with Gasteiger partial charge < -0.3 is 20.4 Å². The zero-order valence-corrected chi connectivity index (χ0v) is 14.2. The minimum atomic E-state index is -0.627. The molecule has 7 nitrogen and oxygen atoms in total. The van der Waals surface area contributed by atoms with Gasteiger partial charge in [-0.2, -0.15) is 0 Å². The van der Waals surface area contributed by atoms with Gasteiger partial charge in [-0.15, -0.1) is 0 Å². The maximum atomic E-state index is 12.2. The molecule has 3 amide bonds. The number of anilines is 1. The van der Waals surface area contributed by atoms with Gasteiger partial charge in [-0.05, 0) is 49.7 Å². The fourth-order valence-electron chi connectivity index (χ4n) is 2.05. The van der Waals surface area contributed by atoms with Gasteiger partial charge in [0.15, 0.2) is 5.76 Å². The van der Waals surface area contributed by atoms with E-state index in [1.165, 1.54) is 6.26 Å². The molecular formula is C18H21N3O4. The van der Waals surface area contributed by atoms with Gasteiger partial charge in [0.25, 0.3) is 11.8 Å². The summed E-state index contributed by atoms with van der Waals surface area (Å²) in [6.45, 7) is 4.15. The highest BCUT2D eigenvalue weighted by Gasteiger charge is 2.16. The van der Waals surface area contributed by atoms with Crippen molar-refractivity contribution in [2.75, 3.05) is 11.9 Å². The molecule has 0 aliphatic heterocycles. The standard InChI is InChI=1S/C18H21N3O4/c1-3-10-19-16(22)12(2)20-17(23)13-6-8-14(9-7-13)21-18(24)15-5-4-11-25-15/h4-9,11-12H,3,10H2,1-2H3,(H,19,22)(H,20,23)(H,21,24)/t12-/m0/s1. The Morgan fingerprint density at radius 2 is 1.80 bits per heavy atom. The molecule has 0 aliphatic carbocycles. The van der Waals surface area contributed by atoms with E-state index in [2.05, 4.69) is 16.0 Å². The van der Waals surface area contributed by atoms with Gasteiger partial charge in [0.1, 0.15) is 6.04 Å².